The molecular weight excluding hydrogens is 288 g/mol. The summed E-state index contributed by atoms with van der Waals surface area (Å²) in [6.07, 6.45) is 0.261. The number of rotatable bonds is 7. The third-order valence-electron chi connectivity index (χ3n) is 2.38. The number of amides is 1. The maximum absolute atomic E-state index is 11.9. The highest BCUT2D eigenvalue weighted by molar-refractivity contribution is 7.91. The van der Waals surface area contributed by atoms with Gasteiger partial charge in [0.2, 0.25) is 5.91 Å². The molecule has 7 nitrogen and oxygen atoms in total. The molecule has 4 N–H and O–H groups in total. The molecular formula is C10H18N4O3S2. The number of aromatic nitrogens is 1. The number of nitrogen functional groups attached to an aromatic ring is 1. The van der Waals surface area contributed by atoms with Gasteiger partial charge in [-0.1, -0.05) is 6.92 Å². The van der Waals surface area contributed by atoms with Crippen molar-refractivity contribution in [3.8, 4) is 0 Å². The van der Waals surface area contributed by atoms with Crippen molar-refractivity contribution in [1.29, 1.82) is 0 Å². The zero-order valence-electron chi connectivity index (χ0n) is 10.9. The Bertz CT molecular complexity index is 539. The van der Waals surface area contributed by atoms with Crippen LogP contribution >= 0.6 is 11.5 Å². The van der Waals surface area contributed by atoms with E-state index < -0.39 is 9.84 Å². The maximum atomic E-state index is 11.9. The highest BCUT2D eigenvalue weighted by Gasteiger charge is 2.23. The van der Waals surface area contributed by atoms with Crippen LogP contribution in [-0.2, 0) is 14.6 Å². The van der Waals surface area contributed by atoms with E-state index in [1.165, 1.54) is 0 Å². The van der Waals surface area contributed by atoms with Crippen molar-refractivity contribution in [1.82, 2.24) is 9.69 Å². The Hall–Kier alpha value is -1.35. The van der Waals surface area contributed by atoms with Gasteiger partial charge in [0.05, 0.1) is 5.75 Å². The van der Waals surface area contributed by atoms with Crippen molar-refractivity contribution in [2.45, 2.75) is 25.2 Å². The predicted molar refractivity (Wildman–Crippen MR) is 76.0 cm³/mol. The molecule has 0 saturated carbocycles. The van der Waals surface area contributed by atoms with Gasteiger partial charge in [-0.2, -0.15) is 4.37 Å². The Morgan fingerprint density at radius 1 is 1.42 bits per heavy atom. The molecule has 0 spiro atoms. The summed E-state index contributed by atoms with van der Waals surface area (Å²) >= 11 is 0.986. The molecule has 19 heavy (non-hydrogen) atoms. The van der Waals surface area contributed by atoms with E-state index >= 15 is 0 Å². The van der Waals surface area contributed by atoms with Crippen molar-refractivity contribution in [3.63, 3.8) is 0 Å². The number of nitrogens with two attached hydrogens (primary N) is 1. The molecule has 1 heterocycles. The number of nitrogens with zero attached hydrogens (tertiary/aromatic N) is 1. The van der Waals surface area contributed by atoms with Crippen LogP contribution in [0.15, 0.2) is 4.90 Å². The summed E-state index contributed by atoms with van der Waals surface area (Å²) in [5.41, 5.74) is 5.58. The normalized spacial score (nSPS) is 11.3. The summed E-state index contributed by atoms with van der Waals surface area (Å²) in [6.45, 7) is 4.29. The molecule has 1 rings (SSSR count). The number of carbonyl (C=O) groups is 1. The topological polar surface area (TPSA) is 114 Å². The van der Waals surface area contributed by atoms with E-state index in [0.717, 1.165) is 11.5 Å². The van der Waals surface area contributed by atoms with Gasteiger partial charge in [-0.15, -0.1) is 0 Å². The van der Waals surface area contributed by atoms with Gasteiger partial charge >= 0.3 is 0 Å². The molecule has 1 aromatic rings. The van der Waals surface area contributed by atoms with Crippen LogP contribution in [0.25, 0.3) is 0 Å². The fraction of sp³-hybridized carbons (Fsp3) is 0.600. The average molecular weight is 306 g/mol. The summed E-state index contributed by atoms with van der Waals surface area (Å²) < 4.78 is 27.6. The van der Waals surface area contributed by atoms with Crippen LogP contribution in [0.1, 0.15) is 20.3 Å². The van der Waals surface area contributed by atoms with E-state index in [0.29, 0.717) is 18.1 Å². The number of hydrogen-bond donors (Lipinski definition) is 3. The van der Waals surface area contributed by atoms with Gasteiger partial charge in [0, 0.05) is 19.5 Å². The molecule has 0 saturated heterocycles. The summed E-state index contributed by atoms with van der Waals surface area (Å²) in [4.78, 5) is 11.3. The van der Waals surface area contributed by atoms with Crippen molar-refractivity contribution in [2.24, 2.45) is 0 Å². The Kier molecular flexibility index (Phi) is 5.55. The van der Waals surface area contributed by atoms with Crippen LogP contribution in [0.4, 0.5) is 10.8 Å². The van der Waals surface area contributed by atoms with E-state index in [1.807, 2.05) is 6.92 Å². The number of sulfone groups is 1. The highest BCUT2D eigenvalue weighted by Crippen LogP contribution is 2.32. The molecule has 0 aliphatic carbocycles. The number of carbonyl (C=O) groups excluding carboxylic acids is 1. The van der Waals surface area contributed by atoms with Crippen LogP contribution in [0.2, 0.25) is 0 Å². The third-order valence-corrected chi connectivity index (χ3v) is 5.12. The van der Waals surface area contributed by atoms with E-state index in [2.05, 4.69) is 15.0 Å². The lowest BCUT2D eigenvalue weighted by molar-refractivity contribution is -0.120. The fourth-order valence-corrected chi connectivity index (χ4v) is 3.62. The first-order chi connectivity index (χ1) is 8.92. The molecule has 0 radical (unpaired) electrons. The van der Waals surface area contributed by atoms with Gasteiger partial charge in [0.25, 0.3) is 0 Å². The fourth-order valence-electron chi connectivity index (χ4n) is 1.43. The molecule has 1 aromatic heterocycles. The van der Waals surface area contributed by atoms with Crippen LogP contribution in [0.5, 0.6) is 0 Å². The van der Waals surface area contributed by atoms with Crippen molar-refractivity contribution in [2.75, 3.05) is 29.9 Å². The second-order valence-electron chi connectivity index (χ2n) is 3.76. The Morgan fingerprint density at radius 3 is 2.68 bits per heavy atom. The SMILES string of the molecule is CCNC(=O)CCNc1snc(N)c1S(=O)(=O)CC. The Morgan fingerprint density at radius 2 is 2.11 bits per heavy atom. The van der Waals surface area contributed by atoms with Crippen LogP contribution in [0.3, 0.4) is 0 Å². The van der Waals surface area contributed by atoms with Crippen LogP contribution in [-0.4, -0.2) is 37.5 Å². The molecule has 108 valence electrons. The second kappa shape index (κ2) is 6.71. The largest absolute Gasteiger partial charge is 0.382 e. The van der Waals surface area contributed by atoms with Crippen LogP contribution in [0, 0.1) is 0 Å². The minimum absolute atomic E-state index is 0.00681. The van der Waals surface area contributed by atoms with Gasteiger partial charge in [-0.05, 0) is 18.5 Å². The van der Waals surface area contributed by atoms with E-state index in [-0.39, 0.29) is 28.8 Å². The van der Waals surface area contributed by atoms with Crippen molar-refractivity contribution in [3.05, 3.63) is 0 Å². The minimum Gasteiger partial charge on any atom is -0.382 e. The molecule has 0 aliphatic rings. The molecule has 0 bridgehead atoms. The lowest BCUT2D eigenvalue weighted by Crippen LogP contribution is -2.24. The van der Waals surface area contributed by atoms with Gasteiger partial charge < -0.3 is 16.4 Å². The summed E-state index contributed by atoms with van der Waals surface area (Å²) in [5.74, 6) is -0.125. The Labute approximate surface area is 116 Å². The first-order valence-corrected chi connectivity index (χ1v) is 8.33. The summed E-state index contributed by atoms with van der Waals surface area (Å²) in [5, 5.41) is 5.95. The molecule has 9 heteroatoms. The second-order valence-corrected chi connectivity index (χ2v) is 6.75. The predicted octanol–water partition coefficient (Wildman–Crippen LogP) is 0.457. The first-order valence-electron chi connectivity index (χ1n) is 5.90. The summed E-state index contributed by atoms with van der Waals surface area (Å²) in [7, 11) is -3.42. The van der Waals surface area contributed by atoms with E-state index in [4.69, 9.17) is 5.73 Å². The van der Waals surface area contributed by atoms with Gasteiger partial charge in [-0.3, -0.25) is 4.79 Å². The van der Waals surface area contributed by atoms with Crippen molar-refractivity contribution >= 4 is 38.1 Å². The molecule has 0 atom stereocenters. The standard InChI is InChI=1S/C10H18N4O3S2/c1-3-12-7(15)5-6-13-10-8(9(11)14-18-10)19(16,17)4-2/h13H,3-6H2,1-2H3,(H2,11,14)(H,12,15). The minimum atomic E-state index is -3.42. The van der Waals surface area contributed by atoms with E-state index in [9.17, 15) is 13.2 Å². The van der Waals surface area contributed by atoms with E-state index in [1.54, 1.807) is 6.92 Å². The number of nitrogens with one attached hydrogen (secondary N) is 2. The Balaban J connectivity index is 2.73. The zero-order chi connectivity index (χ0) is 14.5. The zero-order valence-corrected chi connectivity index (χ0v) is 12.5. The molecule has 1 amide bonds. The highest BCUT2D eigenvalue weighted by atomic mass is 32.2. The van der Waals surface area contributed by atoms with Gasteiger partial charge in [0.1, 0.15) is 9.90 Å². The molecule has 0 fully saturated rings. The average Bonchev–Trinajstić information content (AvgIpc) is 2.71. The van der Waals surface area contributed by atoms with Crippen LogP contribution < -0.4 is 16.4 Å². The maximum Gasteiger partial charge on any atom is 0.221 e. The molecule has 0 aromatic carbocycles. The number of anilines is 2. The quantitative estimate of drug-likeness (QED) is 0.674. The number of hydrogen-bond acceptors (Lipinski definition) is 7. The smallest absolute Gasteiger partial charge is 0.221 e. The monoisotopic (exact) mass is 306 g/mol. The summed E-state index contributed by atoms with van der Waals surface area (Å²) in [6, 6.07) is 0. The molecule has 0 aliphatic heterocycles. The molecule has 0 unspecified atom stereocenters. The van der Waals surface area contributed by atoms with Gasteiger partial charge in [0.15, 0.2) is 15.7 Å². The first kappa shape index (κ1) is 15.7. The van der Waals surface area contributed by atoms with Crippen molar-refractivity contribution < 1.29 is 13.2 Å². The third kappa shape index (κ3) is 4.06. The lowest BCUT2D eigenvalue weighted by atomic mass is 10.4. The lowest BCUT2D eigenvalue weighted by Gasteiger charge is -2.07. The van der Waals surface area contributed by atoms with Gasteiger partial charge in [-0.25, -0.2) is 8.42 Å².